The summed E-state index contributed by atoms with van der Waals surface area (Å²) in [7, 11) is 1.57. The molecule has 1 aromatic rings. The zero-order valence-corrected chi connectivity index (χ0v) is 13.1. The van der Waals surface area contributed by atoms with Gasteiger partial charge < -0.3 is 9.84 Å². The molecular formula is C19H20O4. The Morgan fingerprint density at radius 2 is 1.87 bits per heavy atom. The largest absolute Gasteiger partial charge is 0.497 e. The Hall–Kier alpha value is -2.62. The molecule has 1 unspecified atom stereocenters. The van der Waals surface area contributed by atoms with Gasteiger partial charge in [0.15, 0.2) is 5.78 Å². The first-order valence-corrected chi connectivity index (χ1v) is 7.51. The number of carboxylic acid groups (broad SMARTS) is 1. The van der Waals surface area contributed by atoms with E-state index in [4.69, 9.17) is 9.84 Å². The van der Waals surface area contributed by atoms with E-state index in [0.29, 0.717) is 17.7 Å². The van der Waals surface area contributed by atoms with Gasteiger partial charge >= 0.3 is 5.97 Å². The number of carboxylic acids is 1. The highest BCUT2D eigenvalue weighted by molar-refractivity contribution is 5.96. The fourth-order valence-electron chi connectivity index (χ4n) is 2.56. The number of Topliss-reactive ketones (excluding diaryl/α,β-unsaturated/α-hetero) is 1. The number of ether oxygens (including phenoxy) is 1. The first-order valence-electron chi connectivity index (χ1n) is 7.51. The fraction of sp³-hybridized carbons (Fsp3) is 0.263. The molecule has 0 fully saturated rings. The van der Waals surface area contributed by atoms with Gasteiger partial charge in [0.25, 0.3) is 0 Å². The monoisotopic (exact) mass is 312 g/mol. The van der Waals surface area contributed by atoms with Crippen molar-refractivity contribution in [3.05, 3.63) is 65.8 Å². The van der Waals surface area contributed by atoms with Crippen molar-refractivity contribution in [2.75, 3.05) is 7.11 Å². The molecule has 1 aromatic carbocycles. The van der Waals surface area contributed by atoms with Gasteiger partial charge in [-0.3, -0.25) is 9.59 Å². The molecule has 1 N–H and O–H groups in total. The van der Waals surface area contributed by atoms with Gasteiger partial charge in [-0.15, -0.1) is 0 Å². The van der Waals surface area contributed by atoms with Crippen LogP contribution >= 0.6 is 0 Å². The van der Waals surface area contributed by atoms with Crippen LogP contribution in [0.3, 0.4) is 0 Å². The van der Waals surface area contributed by atoms with Crippen LogP contribution in [0.2, 0.25) is 0 Å². The van der Waals surface area contributed by atoms with Gasteiger partial charge in [-0.05, 0) is 36.6 Å². The van der Waals surface area contributed by atoms with Crippen LogP contribution in [0.5, 0.6) is 5.75 Å². The number of methoxy groups -OCH3 is 1. The predicted octanol–water partition coefficient (Wildman–Crippen LogP) is 3.80. The third kappa shape index (κ3) is 4.95. The molecule has 1 aliphatic carbocycles. The smallest absolute Gasteiger partial charge is 0.303 e. The summed E-state index contributed by atoms with van der Waals surface area (Å²) in [6.45, 7) is 0. The summed E-state index contributed by atoms with van der Waals surface area (Å²) >= 11 is 0. The minimum atomic E-state index is -0.893. The number of hydrogen-bond donors (Lipinski definition) is 1. The zero-order valence-electron chi connectivity index (χ0n) is 13.1. The van der Waals surface area contributed by atoms with Gasteiger partial charge in [-0.1, -0.05) is 36.0 Å². The zero-order chi connectivity index (χ0) is 16.7. The van der Waals surface area contributed by atoms with Crippen molar-refractivity contribution in [1.82, 2.24) is 0 Å². The second-order valence-electron chi connectivity index (χ2n) is 5.41. The second kappa shape index (κ2) is 8.13. The van der Waals surface area contributed by atoms with E-state index in [1.54, 1.807) is 31.4 Å². The lowest BCUT2D eigenvalue weighted by Crippen LogP contribution is -2.15. The maximum atomic E-state index is 12.5. The molecule has 0 spiro atoms. The lowest BCUT2D eigenvalue weighted by atomic mass is 9.87. The van der Waals surface area contributed by atoms with E-state index >= 15 is 0 Å². The van der Waals surface area contributed by atoms with Gasteiger partial charge in [-0.25, -0.2) is 0 Å². The normalized spacial score (nSPS) is 14.7. The predicted molar refractivity (Wildman–Crippen MR) is 88.7 cm³/mol. The Morgan fingerprint density at radius 1 is 1.13 bits per heavy atom. The molecule has 0 amide bonds. The van der Waals surface area contributed by atoms with Crippen LogP contribution in [0.15, 0.2) is 60.2 Å². The lowest BCUT2D eigenvalue weighted by molar-refractivity contribution is -0.137. The molecule has 1 atom stereocenters. The fourth-order valence-corrected chi connectivity index (χ4v) is 2.56. The average molecular weight is 312 g/mol. The number of rotatable bonds is 7. The summed E-state index contributed by atoms with van der Waals surface area (Å²) in [5.74, 6) is -0.562. The van der Waals surface area contributed by atoms with Crippen molar-refractivity contribution in [3.8, 4) is 5.75 Å². The van der Waals surface area contributed by atoms with Crippen molar-refractivity contribution >= 4 is 11.8 Å². The standard InChI is InChI=1S/C19H20O4/c1-23-17-10-8-15(9-11-17)18(20)12-16(13-19(21)22)14-6-4-2-3-5-7-14/h2-6,8-11,16H,7,12-13H2,1H3,(H,21,22). The molecule has 2 rings (SSSR count). The molecule has 1 aliphatic rings. The topological polar surface area (TPSA) is 63.6 Å². The summed E-state index contributed by atoms with van der Waals surface area (Å²) in [5, 5.41) is 9.15. The SMILES string of the molecule is COc1ccc(C(=O)CC(CC(=O)O)C2=CC=CC=CC2)cc1. The molecule has 0 saturated carbocycles. The van der Waals surface area contributed by atoms with Gasteiger partial charge in [0.1, 0.15) is 5.75 Å². The van der Waals surface area contributed by atoms with Crippen LogP contribution in [-0.2, 0) is 4.79 Å². The van der Waals surface area contributed by atoms with Crippen LogP contribution in [0.25, 0.3) is 0 Å². The molecule has 0 aromatic heterocycles. The first-order chi connectivity index (χ1) is 11.1. The molecule has 0 heterocycles. The van der Waals surface area contributed by atoms with Crippen molar-refractivity contribution in [2.24, 2.45) is 5.92 Å². The molecule has 23 heavy (non-hydrogen) atoms. The Kier molecular flexibility index (Phi) is 5.92. The van der Waals surface area contributed by atoms with Crippen LogP contribution in [0, 0.1) is 5.92 Å². The summed E-state index contributed by atoms with van der Waals surface area (Å²) < 4.78 is 5.08. The highest BCUT2D eigenvalue weighted by Gasteiger charge is 2.21. The third-order valence-electron chi connectivity index (χ3n) is 3.81. The van der Waals surface area contributed by atoms with Gasteiger partial charge in [0, 0.05) is 12.0 Å². The van der Waals surface area contributed by atoms with E-state index in [-0.39, 0.29) is 24.5 Å². The second-order valence-corrected chi connectivity index (χ2v) is 5.41. The maximum absolute atomic E-state index is 12.5. The minimum Gasteiger partial charge on any atom is -0.497 e. The third-order valence-corrected chi connectivity index (χ3v) is 3.81. The van der Waals surface area contributed by atoms with E-state index in [1.165, 1.54) is 0 Å². The van der Waals surface area contributed by atoms with E-state index in [1.807, 2.05) is 30.4 Å². The Bertz CT molecular complexity index is 650. The molecule has 4 nitrogen and oxygen atoms in total. The first kappa shape index (κ1) is 16.7. The lowest BCUT2D eigenvalue weighted by Gasteiger charge is -2.17. The maximum Gasteiger partial charge on any atom is 0.303 e. The molecule has 0 radical (unpaired) electrons. The number of ketones is 1. The Labute approximate surface area is 135 Å². The average Bonchev–Trinajstić information content (AvgIpc) is 2.83. The van der Waals surface area contributed by atoms with Gasteiger partial charge in [0.2, 0.25) is 0 Å². The molecule has 120 valence electrons. The molecular weight excluding hydrogens is 292 g/mol. The molecule has 0 bridgehead atoms. The number of carbonyl (C=O) groups excluding carboxylic acids is 1. The number of aliphatic carboxylic acids is 1. The van der Waals surface area contributed by atoms with Gasteiger partial charge in [0.05, 0.1) is 13.5 Å². The molecule has 0 saturated heterocycles. The van der Waals surface area contributed by atoms with Crippen LogP contribution in [0.1, 0.15) is 29.6 Å². The molecule has 4 heteroatoms. The minimum absolute atomic E-state index is 0.0462. The van der Waals surface area contributed by atoms with Crippen LogP contribution in [-0.4, -0.2) is 24.0 Å². The quantitative estimate of drug-likeness (QED) is 0.778. The number of carbonyl (C=O) groups is 2. The van der Waals surface area contributed by atoms with E-state index in [2.05, 4.69) is 0 Å². The van der Waals surface area contributed by atoms with Crippen molar-refractivity contribution in [1.29, 1.82) is 0 Å². The summed E-state index contributed by atoms with van der Waals surface area (Å²) in [6.07, 6.45) is 10.4. The number of allylic oxidation sites excluding steroid dienone is 6. The van der Waals surface area contributed by atoms with Crippen molar-refractivity contribution in [3.63, 3.8) is 0 Å². The Morgan fingerprint density at radius 3 is 2.52 bits per heavy atom. The Balaban J connectivity index is 2.14. The highest BCUT2D eigenvalue weighted by Crippen LogP contribution is 2.26. The van der Waals surface area contributed by atoms with Crippen molar-refractivity contribution in [2.45, 2.75) is 19.3 Å². The highest BCUT2D eigenvalue weighted by atomic mass is 16.5. The number of benzene rings is 1. The van der Waals surface area contributed by atoms with E-state index in [0.717, 1.165) is 5.57 Å². The van der Waals surface area contributed by atoms with E-state index < -0.39 is 5.97 Å². The molecule has 0 aliphatic heterocycles. The summed E-state index contributed by atoms with van der Waals surface area (Å²) in [4.78, 5) is 23.6. The van der Waals surface area contributed by atoms with E-state index in [9.17, 15) is 9.59 Å². The van der Waals surface area contributed by atoms with Crippen LogP contribution < -0.4 is 4.74 Å². The summed E-state index contributed by atoms with van der Waals surface area (Å²) in [6, 6.07) is 6.88. The van der Waals surface area contributed by atoms with Gasteiger partial charge in [-0.2, -0.15) is 0 Å². The summed E-state index contributed by atoms with van der Waals surface area (Å²) in [5.41, 5.74) is 1.54. The van der Waals surface area contributed by atoms with Crippen LogP contribution in [0.4, 0.5) is 0 Å². The van der Waals surface area contributed by atoms with Crippen molar-refractivity contribution < 1.29 is 19.4 Å². The number of hydrogen-bond acceptors (Lipinski definition) is 3.